The van der Waals surface area contributed by atoms with E-state index in [9.17, 15) is 4.79 Å². The van der Waals surface area contributed by atoms with Crippen molar-refractivity contribution in [1.29, 1.82) is 0 Å². The number of ether oxygens (including phenoxy) is 1. The summed E-state index contributed by atoms with van der Waals surface area (Å²) < 4.78 is 6.50. The first kappa shape index (κ1) is 17.3. The second-order valence-corrected chi connectivity index (χ2v) is 8.43. The fraction of sp³-hybridized carbons (Fsp3) is 0.667. The van der Waals surface area contributed by atoms with E-state index in [0.29, 0.717) is 6.42 Å². The van der Waals surface area contributed by atoms with Gasteiger partial charge in [0.05, 0.1) is 13.5 Å². The van der Waals surface area contributed by atoms with E-state index in [1.807, 2.05) is 6.07 Å². The molecule has 2 rings (SSSR count). The van der Waals surface area contributed by atoms with Gasteiger partial charge in [0, 0.05) is 15.4 Å². The second kappa shape index (κ2) is 7.44. The van der Waals surface area contributed by atoms with Crippen molar-refractivity contribution < 1.29 is 9.53 Å². The fourth-order valence-electron chi connectivity index (χ4n) is 3.25. The van der Waals surface area contributed by atoms with E-state index in [2.05, 4.69) is 15.9 Å². The van der Waals surface area contributed by atoms with Gasteiger partial charge in [0.2, 0.25) is 0 Å². The predicted octanol–water partition coefficient (Wildman–Crippen LogP) is 5.07. The van der Waals surface area contributed by atoms with E-state index in [0.717, 1.165) is 32.9 Å². The molecule has 0 amide bonds. The minimum atomic E-state index is -0.130. The van der Waals surface area contributed by atoms with Crippen LogP contribution in [0.5, 0.6) is 0 Å². The zero-order valence-corrected chi connectivity index (χ0v) is 15.3. The van der Waals surface area contributed by atoms with Crippen molar-refractivity contribution >= 4 is 44.8 Å². The molecule has 0 radical (unpaired) electrons. The van der Waals surface area contributed by atoms with Gasteiger partial charge in [0.15, 0.2) is 0 Å². The average Bonchev–Trinajstić information content (AvgIpc) is 2.79. The number of nitrogens with two attached hydrogens (primary N) is 1. The Bertz CT molecular complexity index is 480. The topological polar surface area (TPSA) is 52.3 Å². The summed E-state index contributed by atoms with van der Waals surface area (Å²) in [7, 11) is 1.45. The molecule has 1 aromatic rings. The molecule has 1 fully saturated rings. The maximum atomic E-state index is 11.8. The van der Waals surface area contributed by atoms with Gasteiger partial charge < -0.3 is 10.5 Å². The summed E-state index contributed by atoms with van der Waals surface area (Å²) in [5.41, 5.74) is 6.37. The first-order chi connectivity index (χ1) is 9.96. The monoisotopic (exact) mass is 393 g/mol. The summed E-state index contributed by atoms with van der Waals surface area (Å²) in [5.74, 6) is -0.130. The lowest BCUT2D eigenvalue weighted by Crippen LogP contribution is -2.31. The van der Waals surface area contributed by atoms with Gasteiger partial charge in [-0.15, -0.1) is 11.3 Å². The van der Waals surface area contributed by atoms with Crippen molar-refractivity contribution in [3.05, 3.63) is 19.8 Å². The van der Waals surface area contributed by atoms with Gasteiger partial charge >= 0.3 is 5.97 Å². The molecule has 118 valence electrons. The van der Waals surface area contributed by atoms with Gasteiger partial charge in [-0.3, -0.25) is 4.79 Å². The zero-order valence-electron chi connectivity index (χ0n) is 12.2. The second-order valence-electron chi connectivity index (χ2n) is 5.89. The first-order valence-corrected chi connectivity index (χ1v) is 9.22. The lowest BCUT2D eigenvalue weighted by atomic mass is 9.68. The molecule has 1 unspecified atom stereocenters. The van der Waals surface area contributed by atoms with Crippen LogP contribution < -0.4 is 5.73 Å². The van der Waals surface area contributed by atoms with E-state index >= 15 is 0 Å². The number of rotatable bonds is 5. The largest absolute Gasteiger partial charge is 0.469 e. The number of hydrogen-bond donors (Lipinski definition) is 1. The summed E-state index contributed by atoms with van der Waals surface area (Å²) in [6.07, 6.45) is 6.96. The Balaban J connectivity index is 2.12. The zero-order chi connectivity index (χ0) is 15.5. The molecule has 1 heterocycles. The summed E-state index contributed by atoms with van der Waals surface area (Å²) >= 11 is 11.0. The van der Waals surface area contributed by atoms with E-state index in [1.54, 1.807) is 0 Å². The van der Waals surface area contributed by atoms with Gasteiger partial charge in [-0.25, -0.2) is 0 Å². The molecule has 1 atom stereocenters. The lowest BCUT2D eigenvalue weighted by molar-refractivity contribution is -0.144. The van der Waals surface area contributed by atoms with Gasteiger partial charge in [0.1, 0.15) is 4.34 Å². The lowest BCUT2D eigenvalue weighted by Gasteiger charge is -2.38. The molecule has 0 aromatic carbocycles. The molecule has 1 aliphatic carbocycles. The Hall–Kier alpha value is -0.100. The maximum Gasteiger partial charge on any atom is 0.306 e. The normalized spacial score (nSPS) is 19.2. The molecule has 6 heteroatoms. The minimum absolute atomic E-state index is 0.0201. The molecule has 0 saturated heterocycles. The molecule has 0 aliphatic heterocycles. The SMILES string of the molecule is COC(=O)CC1(CC(N)c2cc(Br)c(Cl)s2)CCCCC1. The van der Waals surface area contributed by atoms with Crippen LogP contribution in [0.15, 0.2) is 10.5 Å². The number of thiophene rings is 1. The first-order valence-electron chi connectivity index (χ1n) is 7.23. The number of carbonyl (C=O) groups is 1. The van der Waals surface area contributed by atoms with Crippen LogP contribution in [0.25, 0.3) is 0 Å². The van der Waals surface area contributed by atoms with E-state index in [1.165, 1.54) is 37.7 Å². The smallest absolute Gasteiger partial charge is 0.306 e. The van der Waals surface area contributed by atoms with Gasteiger partial charge in [-0.2, -0.15) is 0 Å². The Morgan fingerprint density at radius 1 is 1.52 bits per heavy atom. The highest BCUT2D eigenvalue weighted by Crippen LogP contribution is 2.47. The summed E-state index contributed by atoms with van der Waals surface area (Å²) in [6.45, 7) is 0. The molecule has 2 N–H and O–H groups in total. The number of esters is 1. The van der Waals surface area contributed by atoms with Crippen LogP contribution in [0.2, 0.25) is 4.34 Å². The standard InChI is InChI=1S/C15H21BrClNO2S/c1-20-13(19)9-15(5-3-2-4-6-15)8-11(18)12-7-10(16)14(17)21-12/h7,11H,2-6,8-9,18H2,1H3. The molecule has 0 bridgehead atoms. The third-order valence-electron chi connectivity index (χ3n) is 4.34. The van der Waals surface area contributed by atoms with Crippen LogP contribution >= 0.6 is 38.9 Å². The van der Waals surface area contributed by atoms with Gasteiger partial charge in [-0.05, 0) is 46.7 Å². The van der Waals surface area contributed by atoms with Crippen LogP contribution in [0.4, 0.5) is 0 Å². The van der Waals surface area contributed by atoms with E-state index in [4.69, 9.17) is 22.1 Å². The van der Waals surface area contributed by atoms with Crippen molar-refractivity contribution in [2.45, 2.75) is 51.0 Å². The van der Waals surface area contributed by atoms with Crippen LogP contribution in [-0.4, -0.2) is 13.1 Å². The van der Waals surface area contributed by atoms with Gasteiger partial charge in [0.25, 0.3) is 0 Å². The van der Waals surface area contributed by atoms with Crippen LogP contribution in [0.3, 0.4) is 0 Å². The maximum absolute atomic E-state index is 11.8. The van der Waals surface area contributed by atoms with Crippen molar-refractivity contribution in [1.82, 2.24) is 0 Å². The van der Waals surface area contributed by atoms with Crippen molar-refractivity contribution in [2.24, 2.45) is 11.1 Å². The molecule has 1 saturated carbocycles. The van der Waals surface area contributed by atoms with Crippen molar-refractivity contribution in [3.63, 3.8) is 0 Å². The number of halogens is 2. The third-order valence-corrected chi connectivity index (χ3v) is 6.95. The van der Waals surface area contributed by atoms with Crippen LogP contribution in [0.1, 0.15) is 55.9 Å². The third kappa shape index (κ3) is 4.44. The highest BCUT2D eigenvalue weighted by molar-refractivity contribution is 9.10. The Kier molecular flexibility index (Phi) is 6.12. The van der Waals surface area contributed by atoms with Crippen LogP contribution in [-0.2, 0) is 9.53 Å². The number of methoxy groups -OCH3 is 1. The minimum Gasteiger partial charge on any atom is -0.469 e. The Morgan fingerprint density at radius 3 is 2.71 bits per heavy atom. The highest BCUT2D eigenvalue weighted by atomic mass is 79.9. The quantitative estimate of drug-likeness (QED) is 0.709. The molecular formula is C15H21BrClNO2S. The molecule has 3 nitrogen and oxygen atoms in total. The summed E-state index contributed by atoms with van der Waals surface area (Å²) in [4.78, 5) is 12.8. The molecular weight excluding hydrogens is 374 g/mol. The predicted molar refractivity (Wildman–Crippen MR) is 90.7 cm³/mol. The molecule has 1 aromatic heterocycles. The van der Waals surface area contributed by atoms with Crippen molar-refractivity contribution in [3.8, 4) is 0 Å². The number of carbonyl (C=O) groups excluding carboxylic acids is 1. The molecule has 21 heavy (non-hydrogen) atoms. The van der Waals surface area contributed by atoms with E-state index < -0.39 is 0 Å². The average molecular weight is 395 g/mol. The van der Waals surface area contributed by atoms with Crippen LogP contribution in [0, 0.1) is 5.41 Å². The van der Waals surface area contributed by atoms with Crippen molar-refractivity contribution in [2.75, 3.05) is 7.11 Å². The van der Waals surface area contributed by atoms with Gasteiger partial charge in [-0.1, -0.05) is 30.9 Å². The molecule has 1 aliphatic rings. The summed E-state index contributed by atoms with van der Waals surface area (Å²) in [6, 6.07) is 1.91. The highest BCUT2D eigenvalue weighted by Gasteiger charge is 2.36. The fourth-order valence-corrected chi connectivity index (χ4v) is 4.98. The molecule has 0 spiro atoms. The number of hydrogen-bond acceptors (Lipinski definition) is 4. The Labute approximate surface area is 143 Å². The Morgan fingerprint density at radius 2 is 2.19 bits per heavy atom. The van der Waals surface area contributed by atoms with E-state index in [-0.39, 0.29) is 17.4 Å². The summed E-state index contributed by atoms with van der Waals surface area (Å²) in [5, 5.41) is 0.